The van der Waals surface area contributed by atoms with Crippen LogP contribution in [0.4, 0.5) is 11.4 Å². The van der Waals surface area contributed by atoms with Crippen LogP contribution in [0.1, 0.15) is 18.1 Å². The number of hydrogen-bond donors (Lipinski definition) is 1. The lowest BCUT2D eigenvalue weighted by Gasteiger charge is -2.15. The first-order valence-electron chi connectivity index (χ1n) is 7.16. The van der Waals surface area contributed by atoms with Crippen molar-refractivity contribution >= 4 is 17.3 Å². The fourth-order valence-corrected chi connectivity index (χ4v) is 1.99. The highest BCUT2D eigenvalue weighted by molar-refractivity contribution is 5.94. The number of nitro benzene ring substituents is 1. The van der Waals surface area contributed by atoms with Gasteiger partial charge in [-0.25, -0.2) is 0 Å². The van der Waals surface area contributed by atoms with Crippen LogP contribution in [0, 0.1) is 24.0 Å². The molecule has 0 radical (unpaired) electrons. The van der Waals surface area contributed by atoms with E-state index in [0.717, 1.165) is 11.1 Å². The molecule has 2 aromatic carbocycles. The molecule has 2 aromatic rings. The third-order valence-corrected chi connectivity index (χ3v) is 3.48. The smallest absolute Gasteiger partial charge is 0.271 e. The monoisotopic (exact) mass is 314 g/mol. The molecule has 0 saturated heterocycles. The second-order valence-corrected chi connectivity index (χ2v) is 5.30. The number of hydrogen-bond acceptors (Lipinski definition) is 4. The van der Waals surface area contributed by atoms with Gasteiger partial charge in [-0.2, -0.15) is 0 Å². The van der Waals surface area contributed by atoms with Crippen molar-refractivity contribution in [3.8, 4) is 5.75 Å². The summed E-state index contributed by atoms with van der Waals surface area (Å²) in [4.78, 5) is 22.4. The van der Waals surface area contributed by atoms with E-state index in [-0.39, 0.29) is 11.6 Å². The van der Waals surface area contributed by atoms with Crippen LogP contribution in [-0.2, 0) is 4.79 Å². The SMILES string of the molecule is Cc1ccc(O[C@H](C)C(=O)Nc2cccc([N+](=O)[O-])c2)cc1C. The fourth-order valence-electron chi connectivity index (χ4n) is 1.99. The van der Waals surface area contributed by atoms with Gasteiger partial charge in [0.25, 0.3) is 11.6 Å². The van der Waals surface area contributed by atoms with Crippen LogP contribution in [0.2, 0.25) is 0 Å². The van der Waals surface area contributed by atoms with Crippen molar-refractivity contribution in [3.05, 3.63) is 63.7 Å². The average molecular weight is 314 g/mol. The van der Waals surface area contributed by atoms with E-state index in [2.05, 4.69) is 5.32 Å². The molecule has 0 saturated carbocycles. The molecule has 0 bridgehead atoms. The van der Waals surface area contributed by atoms with Gasteiger partial charge in [-0.15, -0.1) is 0 Å². The molecule has 120 valence electrons. The van der Waals surface area contributed by atoms with Gasteiger partial charge in [-0.1, -0.05) is 12.1 Å². The highest BCUT2D eigenvalue weighted by atomic mass is 16.6. The summed E-state index contributed by atoms with van der Waals surface area (Å²) < 4.78 is 5.62. The minimum atomic E-state index is -0.726. The lowest BCUT2D eigenvalue weighted by molar-refractivity contribution is -0.384. The molecule has 1 atom stereocenters. The number of carbonyl (C=O) groups is 1. The molecule has 0 aliphatic carbocycles. The molecular formula is C17H18N2O4. The molecule has 6 heteroatoms. The quantitative estimate of drug-likeness (QED) is 0.675. The third kappa shape index (κ3) is 4.29. The summed E-state index contributed by atoms with van der Waals surface area (Å²) >= 11 is 0. The number of non-ortho nitro benzene ring substituents is 1. The summed E-state index contributed by atoms with van der Waals surface area (Å²) in [7, 11) is 0. The van der Waals surface area contributed by atoms with Crippen molar-refractivity contribution in [1.82, 2.24) is 0 Å². The Morgan fingerprint density at radius 2 is 1.91 bits per heavy atom. The van der Waals surface area contributed by atoms with Crippen LogP contribution in [0.15, 0.2) is 42.5 Å². The molecule has 0 aliphatic rings. The number of anilines is 1. The lowest BCUT2D eigenvalue weighted by Crippen LogP contribution is -2.30. The van der Waals surface area contributed by atoms with Gasteiger partial charge in [-0.05, 0) is 50.1 Å². The number of nitrogens with zero attached hydrogens (tertiary/aromatic N) is 1. The molecule has 0 spiro atoms. The molecular weight excluding hydrogens is 296 g/mol. The molecule has 0 aromatic heterocycles. The molecule has 1 N–H and O–H groups in total. The fraction of sp³-hybridized carbons (Fsp3) is 0.235. The summed E-state index contributed by atoms with van der Waals surface area (Å²) in [5, 5.41) is 13.4. The van der Waals surface area contributed by atoms with E-state index in [0.29, 0.717) is 11.4 Å². The van der Waals surface area contributed by atoms with Gasteiger partial charge in [0.05, 0.1) is 4.92 Å². The molecule has 2 rings (SSSR count). The van der Waals surface area contributed by atoms with Crippen LogP contribution in [0.5, 0.6) is 5.75 Å². The topological polar surface area (TPSA) is 81.5 Å². The first-order chi connectivity index (χ1) is 10.9. The molecule has 23 heavy (non-hydrogen) atoms. The molecule has 0 unspecified atom stereocenters. The van der Waals surface area contributed by atoms with E-state index in [1.54, 1.807) is 19.1 Å². The van der Waals surface area contributed by atoms with Gasteiger partial charge in [-0.3, -0.25) is 14.9 Å². The Labute approximate surface area is 134 Å². The van der Waals surface area contributed by atoms with Crippen molar-refractivity contribution in [3.63, 3.8) is 0 Å². The summed E-state index contributed by atoms with van der Waals surface area (Å²) in [6.45, 7) is 5.59. The summed E-state index contributed by atoms with van der Waals surface area (Å²) in [5.74, 6) is 0.235. The second kappa shape index (κ2) is 6.91. The number of ether oxygens (including phenoxy) is 1. The predicted octanol–water partition coefficient (Wildman–Crippen LogP) is 3.62. The average Bonchev–Trinajstić information content (AvgIpc) is 2.51. The number of aryl methyl sites for hydroxylation is 2. The van der Waals surface area contributed by atoms with Crippen LogP contribution < -0.4 is 10.1 Å². The van der Waals surface area contributed by atoms with Crippen molar-refractivity contribution < 1.29 is 14.5 Å². The molecule has 0 fully saturated rings. The van der Waals surface area contributed by atoms with E-state index in [4.69, 9.17) is 4.74 Å². The summed E-state index contributed by atoms with van der Waals surface area (Å²) in [5.41, 5.74) is 2.50. The van der Waals surface area contributed by atoms with Gasteiger partial charge in [0.2, 0.25) is 0 Å². The first-order valence-corrected chi connectivity index (χ1v) is 7.16. The Kier molecular flexibility index (Phi) is 4.95. The van der Waals surface area contributed by atoms with Crippen LogP contribution in [0.3, 0.4) is 0 Å². The van der Waals surface area contributed by atoms with Gasteiger partial charge in [0.1, 0.15) is 5.75 Å². The largest absolute Gasteiger partial charge is 0.481 e. The van der Waals surface area contributed by atoms with Crippen molar-refractivity contribution in [2.45, 2.75) is 26.9 Å². The number of nitro groups is 1. The van der Waals surface area contributed by atoms with Gasteiger partial charge < -0.3 is 10.1 Å². The van der Waals surface area contributed by atoms with Gasteiger partial charge in [0.15, 0.2) is 6.10 Å². The Bertz CT molecular complexity index is 743. The van der Waals surface area contributed by atoms with Crippen molar-refractivity contribution in [2.75, 3.05) is 5.32 Å². The summed E-state index contributed by atoms with van der Waals surface area (Å²) in [6.07, 6.45) is -0.726. The van der Waals surface area contributed by atoms with Gasteiger partial charge in [0, 0.05) is 17.8 Å². The van der Waals surface area contributed by atoms with Crippen LogP contribution in [-0.4, -0.2) is 16.9 Å². The maximum absolute atomic E-state index is 12.1. The maximum atomic E-state index is 12.1. The number of carbonyl (C=O) groups excluding carboxylic acids is 1. The zero-order valence-corrected chi connectivity index (χ0v) is 13.2. The zero-order valence-electron chi connectivity index (χ0n) is 13.2. The number of benzene rings is 2. The lowest BCUT2D eigenvalue weighted by atomic mass is 10.1. The van der Waals surface area contributed by atoms with E-state index in [9.17, 15) is 14.9 Å². The Morgan fingerprint density at radius 1 is 1.17 bits per heavy atom. The second-order valence-electron chi connectivity index (χ2n) is 5.30. The summed E-state index contributed by atoms with van der Waals surface area (Å²) in [6, 6.07) is 11.4. The Hall–Kier alpha value is -2.89. The predicted molar refractivity (Wildman–Crippen MR) is 87.7 cm³/mol. The maximum Gasteiger partial charge on any atom is 0.271 e. The highest BCUT2D eigenvalue weighted by Gasteiger charge is 2.16. The van der Waals surface area contributed by atoms with Gasteiger partial charge >= 0.3 is 0 Å². The first kappa shape index (κ1) is 16.5. The van der Waals surface area contributed by atoms with Crippen molar-refractivity contribution in [1.29, 1.82) is 0 Å². The minimum absolute atomic E-state index is 0.0782. The number of nitrogens with one attached hydrogen (secondary N) is 1. The number of rotatable bonds is 5. The highest BCUT2D eigenvalue weighted by Crippen LogP contribution is 2.20. The third-order valence-electron chi connectivity index (χ3n) is 3.48. The minimum Gasteiger partial charge on any atom is -0.481 e. The standard InChI is InChI=1S/C17H18N2O4/c1-11-7-8-16(9-12(11)2)23-13(3)17(20)18-14-5-4-6-15(10-14)19(21)22/h4-10,13H,1-3H3,(H,18,20)/t13-/m1/s1. The Morgan fingerprint density at radius 3 is 2.57 bits per heavy atom. The Balaban J connectivity index is 2.03. The molecule has 6 nitrogen and oxygen atoms in total. The van der Waals surface area contributed by atoms with E-state index in [1.807, 2.05) is 26.0 Å². The normalized spacial score (nSPS) is 11.6. The number of amides is 1. The zero-order chi connectivity index (χ0) is 17.0. The molecule has 0 heterocycles. The molecule has 0 aliphatic heterocycles. The van der Waals surface area contributed by atoms with Crippen LogP contribution in [0.25, 0.3) is 0 Å². The van der Waals surface area contributed by atoms with E-state index in [1.165, 1.54) is 18.2 Å². The molecule has 1 amide bonds. The van der Waals surface area contributed by atoms with Crippen LogP contribution >= 0.6 is 0 Å². The van der Waals surface area contributed by atoms with Crippen molar-refractivity contribution in [2.24, 2.45) is 0 Å². The van der Waals surface area contributed by atoms with E-state index >= 15 is 0 Å². The van der Waals surface area contributed by atoms with E-state index < -0.39 is 11.0 Å².